The minimum Gasteiger partial charge on any atom is -0.310 e. The summed E-state index contributed by atoms with van der Waals surface area (Å²) >= 11 is 1.91. The zero-order valence-corrected chi connectivity index (χ0v) is 28.3. The number of thiophene rings is 1. The molecule has 1 nitrogen and oxygen atoms in total. The van der Waals surface area contributed by atoms with E-state index in [1.807, 2.05) is 11.3 Å². The van der Waals surface area contributed by atoms with Crippen molar-refractivity contribution in [2.24, 2.45) is 0 Å². The molecule has 0 saturated heterocycles. The zero-order valence-electron chi connectivity index (χ0n) is 27.4. The van der Waals surface area contributed by atoms with E-state index in [-0.39, 0.29) is 5.41 Å². The lowest BCUT2D eigenvalue weighted by Gasteiger charge is -2.30. The van der Waals surface area contributed by atoms with Crippen molar-refractivity contribution >= 4 is 70.1 Å². The van der Waals surface area contributed by atoms with Crippen LogP contribution in [0.2, 0.25) is 0 Å². The number of benzene rings is 8. The lowest BCUT2D eigenvalue weighted by molar-refractivity contribution is 0.660. The van der Waals surface area contributed by atoms with Gasteiger partial charge in [-0.2, -0.15) is 0 Å². The molecule has 0 amide bonds. The van der Waals surface area contributed by atoms with E-state index in [9.17, 15) is 0 Å². The van der Waals surface area contributed by atoms with Gasteiger partial charge in [0.1, 0.15) is 0 Å². The fourth-order valence-electron chi connectivity index (χ4n) is 8.25. The number of rotatable bonds is 4. The minimum absolute atomic E-state index is 0.0995. The second-order valence-corrected chi connectivity index (χ2v) is 14.8. The predicted molar refractivity (Wildman–Crippen MR) is 212 cm³/mol. The van der Waals surface area contributed by atoms with Gasteiger partial charge in [0.2, 0.25) is 0 Å². The summed E-state index contributed by atoms with van der Waals surface area (Å²) in [5, 5.41) is 7.78. The number of nitrogens with zero attached hydrogens (tertiary/aromatic N) is 1. The number of anilines is 3. The van der Waals surface area contributed by atoms with Crippen LogP contribution in [0.25, 0.3) is 64.0 Å². The van der Waals surface area contributed by atoms with E-state index < -0.39 is 0 Å². The third-order valence-electron chi connectivity index (χ3n) is 10.6. The van der Waals surface area contributed by atoms with E-state index in [1.165, 1.54) is 80.8 Å². The summed E-state index contributed by atoms with van der Waals surface area (Å²) in [5.74, 6) is 0. The third-order valence-corrected chi connectivity index (χ3v) is 11.8. The molecule has 0 atom stereocenters. The van der Waals surface area contributed by atoms with Crippen molar-refractivity contribution in [2.45, 2.75) is 19.3 Å². The topological polar surface area (TPSA) is 3.24 Å². The van der Waals surface area contributed by atoms with Crippen LogP contribution in [0, 0.1) is 0 Å². The van der Waals surface area contributed by atoms with Crippen molar-refractivity contribution in [1.29, 1.82) is 0 Å². The summed E-state index contributed by atoms with van der Waals surface area (Å²) in [4.78, 5) is 2.49. The molecule has 8 aromatic carbocycles. The highest BCUT2D eigenvalue weighted by molar-refractivity contribution is 7.26. The Hall–Kier alpha value is -5.70. The van der Waals surface area contributed by atoms with Crippen LogP contribution in [0.5, 0.6) is 0 Å². The second kappa shape index (κ2) is 10.7. The van der Waals surface area contributed by atoms with Crippen molar-refractivity contribution in [3.05, 3.63) is 175 Å². The van der Waals surface area contributed by atoms with Crippen LogP contribution in [0.15, 0.2) is 164 Å². The quantitative estimate of drug-likeness (QED) is 0.173. The molecular formula is C47H33NS. The van der Waals surface area contributed by atoms with Crippen LogP contribution in [0.4, 0.5) is 17.1 Å². The standard InChI is InChI=1S/C47H33NS/c1-47(2)41-21-10-8-17-35(41)36-26-24-34(29-42(36)47)48(33-16-12-15-31(27-33)30-13-4-3-5-14-30)43-28-32-23-25-40-38-19-9-11-22-44(38)49-46(40)45(32)39-20-7-6-18-37(39)43/h3-29H,1-2H3. The summed E-state index contributed by atoms with van der Waals surface area (Å²) < 4.78 is 2.69. The molecule has 0 bridgehead atoms. The Morgan fingerprint density at radius 2 is 1.16 bits per heavy atom. The first-order valence-electron chi connectivity index (χ1n) is 17.0. The van der Waals surface area contributed by atoms with Crippen molar-refractivity contribution in [2.75, 3.05) is 4.90 Å². The van der Waals surface area contributed by atoms with Gasteiger partial charge in [-0.3, -0.25) is 0 Å². The molecule has 0 fully saturated rings. The first kappa shape index (κ1) is 28.3. The molecule has 49 heavy (non-hydrogen) atoms. The lowest BCUT2D eigenvalue weighted by Crippen LogP contribution is -2.16. The first-order chi connectivity index (χ1) is 24.1. The van der Waals surface area contributed by atoms with E-state index in [2.05, 4.69) is 183 Å². The minimum atomic E-state index is -0.0995. The maximum atomic E-state index is 2.49. The van der Waals surface area contributed by atoms with Gasteiger partial charge in [-0.05, 0) is 80.6 Å². The lowest BCUT2D eigenvalue weighted by atomic mass is 9.82. The van der Waals surface area contributed by atoms with Gasteiger partial charge in [-0.15, -0.1) is 11.3 Å². The highest BCUT2D eigenvalue weighted by Crippen LogP contribution is 2.52. The maximum absolute atomic E-state index is 2.49. The van der Waals surface area contributed by atoms with Crippen molar-refractivity contribution < 1.29 is 0 Å². The predicted octanol–water partition coefficient (Wildman–Crippen LogP) is 13.8. The van der Waals surface area contributed by atoms with E-state index in [1.54, 1.807) is 0 Å². The summed E-state index contributed by atoms with van der Waals surface area (Å²) in [6.45, 7) is 4.73. The molecule has 0 unspecified atom stereocenters. The Morgan fingerprint density at radius 3 is 2.04 bits per heavy atom. The van der Waals surface area contributed by atoms with Gasteiger partial charge in [-0.1, -0.05) is 141 Å². The van der Waals surface area contributed by atoms with Gasteiger partial charge in [0.15, 0.2) is 0 Å². The highest BCUT2D eigenvalue weighted by Gasteiger charge is 2.36. The molecular weight excluding hydrogens is 611 g/mol. The second-order valence-electron chi connectivity index (χ2n) is 13.7. The van der Waals surface area contributed by atoms with Crippen LogP contribution in [-0.4, -0.2) is 0 Å². The molecule has 0 aliphatic heterocycles. The molecule has 9 aromatic rings. The molecule has 1 aliphatic carbocycles. The Bertz CT molecular complexity index is 2750. The van der Waals surface area contributed by atoms with Crippen LogP contribution in [0.3, 0.4) is 0 Å². The van der Waals surface area contributed by atoms with Gasteiger partial charge in [0, 0.05) is 47.7 Å². The summed E-state index contributed by atoms with van der Waals surface area (Å²) in [6.07, 6.45) is 0. The molecule has 10 rings (SSSR count). The van der Waals surface area contributed by atoms with Gasteiger partial charge in [0.05, 0.1) is 5.69 Å². The van der Waals surface area contributed by atoms with E-state index in [4.69, 9.17) is 0 Å². The van der Waals surface area contributed by atoms with E-state index in [0.29, 0.717) is 0 Å². The highest BCUT2D eigenvalue weighted by atomic mass is 32.1. The van der Waals surface area contributed by atoms with Gasteiger partial charge < -0.3 is 4.90 Å². The van der Waals surface area contributed by atoms with Crippen LogP contribution in [0.1, 0.15) is 25.0 Å². The Balaban J connectivity index is 1.26. The number of hydrogen-bond donors (Lipinski definition) is 0. The molecule has 1 heterocycles. The molecule has 232 valence electrons. The van der Waals surface area contributed by atoms with E-state index in [0.717, 1.165) is 11.4 Å². The summed E-state index contributed by atoms with van der Waals surface area (Å²) in [5.41, 5.74) is 11.2. The third kappa shape index (κ3) is 4.24. The van der Waals surface area contributed by atoms with Crippen LogP contribution < -0.4 is 4.90 Å². The molecule has 0 N–H and O–H groups in total. The Morgan fingerprint density at radius 1 is 0.469 bits per heavy atom. The Labute approximate surface area is 290 Å². The molecule has 2 heteroatoms. The maximum Gasteiger partial charge on any atom is 0.0546 e. The first-order valence-corrected chi connectivity index (χ1v) is 17.8. The largest absolute Gasteiger partial charge is 0.310 e. The normalized spacial score (nSPS) is 13.3. The average Bonchev–Trinajstić information content (AvgIpc) is 3.64. The van der Waals surface area contributed by atoms with Gasteiger partial charge in [-0.25, -0.2) is 0 Å². The summed E-state index contributed by atoms with van der Waals surface area (Å²) in [7, 11) is 0. The monoisotopic (exact) mass is 643 g/mol. The zero-order chi connectivity index (χ0) is 32.7. The molecule has 0 spiro atoms. The average molecular weight is 644 g/mol. The van der Waals surface area contributed by atoms with Crippen molar-refractivity contribution in [3.63, 3.8) is 0 Å². The smallest absolute Gasteiger partial charge is 0.0546 e. The fourth-order valence-corrected chi connectivity index (χ4v) is 9.52. The van der Waals surface area contributed by atoms with Crippen molar-refractivity contribution in [3.8, 4) is 22.3 Å². The van der Waals surface area contributed by atoms with Crippen molar-refractivity contribution in [1.82, 2.24) is 0 Å². The molecule has 1 aliphatic rings. The summed E-state index contributed by atoms with van der Waals surface area (Å²) in [6, 6.07) is 60.6. The van der Waals surface area contributed by atoms with E-state index >= 15 is 0 Å². The molecule has 0 saturated carbocycles. The van der Waals surface area contributed by atoms with Gasteiger partial charge in [0.25, 0.3) is 0 Å². The fraction of sp³-hybridized carbons (Fsp3) is 0.0638. The SMILES string of the molecule is CC1(C)c2ccccc2-c2ccc(N(c3cccc(-c4ccccc4)c3)c3cc4ccc5c6ccccc6sc5c4c4ccccc34)cc21. The van der Waals surface area contributed by atoms with Crippen LogP contribution >= 0.6 is 11.3 Å². The van der Waals surface area contributed by atoms with Crippen LogP contribution in [-0.2, 0) is 5.41 Å². The number of fused-ring (bicyclic) bond motifs is 10. The molecule has 0 radical (unpaired) electrons. The van der Waals surface area contributed by atoms with Gasteiger partial charge >= 0.3 is 0 Å². The Kier molecular flexibility index (Phi) is 6.16. The molecule has 1 aromatic heterocycles. The number of hydrogen-bond acceptors (Lipinski definition) is 2.